The third-order valence-electron chi connectivity index (χ3n) is 5.48. The Morgan fingerprint density at radius 1 is 1.20 bits per heavy atom. The zero-order valence-electron chi connectivity index (χ0n) is 15.5. The van der Waals surface area contributed by atoms with Crippen molar-refractivity contribution >= 4 is 11.8 Å². The van der Waals surface area contributed by atoms with Gasteiger partial charge in [-0.3, -0.25) is 14.5 Å². The second-order valence-corrected chi connectivity index (χ2v) is 8.03. The number of nitrogens with one attached hydrogen (secondary N) is 1. The summed E-state index contributed by atoms with van der Waals surface area (Å²) in [4.78, 5) is 29.0. The second kappa shape index (κ2) is 7.16. The highest BCUT2D eigenvalue weighted by Gasteiger charge is 2.57. The topological polar surface area (TPSA) is 52.7 Å². The summed E-state index contributed by atoms with van der Waals surface area (Å²) >= 11 is 0. The highest BCUT2D eigenvalue weighted by atomic mass is 16.2. The molecule has 1 spiro atoms. The summed E-state index contributed by atoms with van der Waals surface area (Å²) in [6, 6.07) is 10.4. The van der Waals surface area contributed by atoms with E-state index in [1.165, 1.54) is 5.56 Å². The van der Waals surface area contributed by atoms with Crippen molar-refractivity contribution in [3.05, 3.63) is 35.9 Å². The Morgan fingerprint density at radius 3 is 2.48 bits per heavy atom. The minimum Gasteiger partial charge on any atom is -0.359 e. The van der Waals surface area contributed by atoms with E-state index < -0.39 is 0 Å². The Morgan fingerprint density at radius 2 is 1.88 bits per heavy atom. The number of likely N-dealkylation sites (tertiary alicyclic amines) is 2. The van der Waals surface area contributed by atoms with Gasteiger partial charge in [0, 0.05) is 51.6 Å². The number of nitrogens with zero attached hydrogens (tertiary/aromatic N) is 2. The molecule has 5 heteroatoms. The minimum atomic E-state index is -0.0818. The minimum absolute atomic E-state index is 0.0377. The number of hydrogen-bond donors (Lipinski definition) is 1. The molecule has 2 aliphatic rings. The molecule has 2 fully saturated rings. The van der Waals surface area contributed by atoms with Gasteiger partial charge >= 0.3 is 0 Å². The molecule has 1 atom stereocenters. The first-order chi connectivity index (χ1) is 11.9. The summed E-state index contributed by atoms with van der Waals surface area (Å²) in [6.45, 7) is 8.06. The fraction of sp³-hybridized carbons (Fsp3) is 0.600. The van der Waals surface area contributed by atoms with Crippen molar-refractivity contribution < 1.29 is 9.59 Å². The van der Waals surface area contributed by atoms with E-state index >= 15 is 0 Å². The molecule has 136 valence electrons. The predicted octanol–water partition coefficient (Wildman–Crippen LogP) is 1.74. The summed E-state index contributed by atoms with van der Waals surface area (Å²) in [5.41, 5.74) is 1.18. The lowest BCUT2D eigenvalue weighted by Gasteiger charge is -2.50. The Bertz CT molecular complexity index is 623. The first kappa shape index (κ1) is 17.9. The van der Waals surface area contributed by atoms with Crippen LogP contribution >= 0.6 is 0 Å². The van der Waals surface area contributed by atoms with Gasteiger partial charge in [-0.05, 0) is 11.5 Å². The van der Waals surface area contributed by atoms with Crippen LogP contribution in [0.1, 0.15) is 25.8 Å². The molecule has 0 aromatic heterocycles. The molecule has 0 bridgehead atoms. The van der Waals surface area contributed by atoms with Crippen molar-refractivity contribution in [1.82, 2.24) is 15.1 Å². The summed E-state index contributed by atoms with van der Waals surface area (Å²) in [5, 5.41) is 2.82. The van der Waals surface area contributed by atoms with Crippen LogP contribution in [0.4, 0.5) is 0 Å². The van der Waals surface area contributed by atoms with Gasteiger partial charge in [0.05, 0.1) is 5.92 Å². The van der Waals surface area contributed by atoms with E-state index in [-0.39, 0.29) is 23.1 Å². The van der Waals surface area contributed by atoms with Crippen LogP contribution in [0.2, 0.25) is 0 Å². The number of carbonyl (C=O) groups excluding carboxylic acids is 2. The van der Waals surface area contributed by atoms with E-state index in [4.69, 9.17) is 0 Å². The molecule has 25 heavy (non-hydrogen) atoms. The Labute approximate surface area is 150 Å². The van der Waals surface area contributed by atoms with E-state index in [2.05, 4.69) is 36.2 Å². The zero-order chi connectivity index (χ0) is 18.0. The summed E-state index contributed by atoms with van der Waals surface area (Å²) in [6.07, 6.45) is 0.592. The largest absolute Gasteiger partial charge is 0.359 e. The lowest BCUT2D eigenvalue weighted by molar-refractivity contribution is -0.150. The van der Waals surface area contributed by atoms with Gasteiger partial charge in [-0.1, -0.05) is 44.2 Å². The second-order valence-electron chi connectivity index (χ2n) is 8.03. The van der Waals surface area contributed by atoms with Crippen molar-refractivity contribution in [1.29, 1.82) is 0 Å². The number of hydrogen-bond acceptors (Lipinski definition) is 3. The third kappa shape index (κ3) is 3.71. The monoisotopic (exact) mass is 343 g/mol. The van der Waals surface area contributed by atoms with Gasteiger partial charge in [-0.25, -0.2) is 0 Å². The van der Waals surface area contributed by atoms with Crippen LogP contribution in [0.25, 0.3) is 0 Å². The number of benzene rings is 1. The molecule has 0 radical (unpaired) electrons. The number of amides is 2. The SMILES string of the molecule is CNC(=O)C1CN(Cc2ccccc2)CC12CN(C(=O)CC(C)C)C2. The Hall–Kier alpha value is -1.88. The molecule has 1 aromatic carbocycles. The molecule has 1 unspecified atom stereocenters. The van der Waals surface area contributed by atoms with Crippen molar-refractivity contribution in [3.8, 4) is 0 Å². The van der Waals surface area contributed by atoms with Gasteiger partial charge in [-0.15, -0.1) is 0 Å². The van der Waals surface area contributed by atoms with Crippen LogP contribution in [-0.4, -0.2) is 54.8 Å². The van der Waals surface area contributed by atoms with E-state index in [1.54, 1.807) is 7.05 Å². The maximum Gasteiger partial charge on any atom is 0.224 e. The van der Waals surface area contributed by atoms with Crippen molar-refractivity contribution in [2.45, 2.75) is 26.8 Å². The van der Waals surface area contributed by atoms with E-state index in [1.807, 2.05) is 23.1 Å². The molecule has 1 aromatic rings. The van der Waals surface area contributed by atoms with Crippen LogP contribution in [-0.2, 0) is 16.1 Å². The highest BCUT2D eigenvalue weighted by Crippen LogP contribution is 2.44. The molecule has 2 aliphatic heterocycles. The van der Waals surface area contributed by atoms with Gasteiger partial charge in [-0.2, -0.15) is 0 Å². The summed E-state index contributed by atoms with van der Waals surface area (Å²) in [5.74, 6) is 0.658. The smallest absolute Gasteiger partial charge is 0.224 e. The summed E-state index contributed by atoms with van der Waals surface area (Å²) < 4.78 is 0. The lowest BCUT2D eigenvalue weighted by atomic mass is 9.71. The third-order valence-corrected chi connectivity index (χ3v) is 5.48. The van der Waals surface area contributed by atoms with E-state index in [0.29, 0.717) is 25.4 Å². The predicted molar refractivity (Wildman–Crippen MR) is 97.7 cm³/mol. The molecule has 2 amide bonds. The van der Waals surface area contributed by atoms with Gasteiger partial charge in [0.15, 0.2) is 0 Å². The molecular weight excluding hydrogens is 314 g/mol. The normalized spacial score (nSPS) is 22.2. The van der Waals surface area contributed by atoms with E-state index in [9.17, 15) is 9.59 Å². The zero-order valence-corrected chi connectivity index (χ0v) is 15.5. The number of rotatable bonds is 5. The maximum absolute atomic E-state index is 12.4. The average Bonchev–Trinajstić information content (AvgIpc) is 2.92. The quantitative estimate of drug-likeness (QED) is 0.886. The molecule has 1 N–H and O–H groups in total. The maximum atomic E-state index is 12.4. The van der Waals surface area contributed by atoms with Crippen molar-refractivity contribution in [3.63, 3.8) is 0 Å². The molecular formula is C20H29N3O2. The molecule has 3 rings (SSSR count). The van der Waals surface area contributed by atoms with Crippen LogP contribution < -0.4 is 5.32 Å². The number of carbonyl (C=O) groups is 2. The summed E-state index contributed by atoms with van der Waals surface area (Å²) in [7, 11) is 1.70. The van der Waals surface area contributed by atoms with Gasteiger partial charge in [0.2, 0.25) is 11.8 Å². The fourth-order valence-corrected chi connectivity index (χ4v) is 4.26. The average molecular weight is 343 g/mol. The van der Waals surface area contributed by atoms with Crippen LogP contribution in [0.5, 0.6) is 0 Å². The van der Waals surface area contributed by atoms with Crippen LogP contribution in [0, 0.1) is 17.3 Å². The van der Waals surface area contributed by atoms with Crippen molar-refractivity contribution in [2.24, 2.45) is 17.3 Å². The van der Waals surface area contributed by atoms with Crippen molar-refractivity contribution in [2.75, 3.05) is 33.2 Å². The molecule has 0 aliphatic carbocycles. The first-order valence-electron chi connectivity index (χ1n) is 9.19. The first-order valence-corrected chi connectivity index (χ1v) is 9.19. The fourth-order valence-electron chi connectivity index (χ4n) is 4.26. The van der Waals surface area contributed by atoms with Gasteiger partial charge in [0.1, 0.15) is 0 Å². The molecule has 5 nitrogen and oxygen atoms in total. The lowest BCUT2D eigenvalue weighted by Crippen LogP contribution is -2.64. The van der Waals surface area contributed by atoms with Crippen LogP contribution in [0.15, 0.2) is 30.3 Å². The van der Waals surface area contributed by atoms with E-state index in [0.717, 1.165) is 19.6 Å². The highest BCUT2D eigenvalue weighted by molar-refractivity contribution is 5.82. The molecule has 2 saturated heterocycles. The van der Waals surface area contributed by atoms with Gasteiger partial charge < -0.3 is 10.2 Å². The van der Waals surface area contributed by atoms with Crippen LogP contribution in [0.3, 0.4) is 0 Å². The Kier molecular flexibility index (Phi) is 5.13. The molecule has 0 saturated carbocycles. The Balaban J connectivity index is 1.67. The van der Waals surface area contributed by atoms with Gasteiger partial charge in [0.25, 0.3) is 0 Å². The molecule has 2 heterocycles. The standard InChI is InChI=1S/C20H29N3O2/c1-15(2)9-18(24)23-13-20(14-23)12-22(11-17(20)19(25)21-3)10-16-7-5-4-6-8-16/h4-8,15,17H,9-14H2,1-3H3,(H,21,25).